The molecule has 3 rings (SSSR count). The van der Waals surface area contributed by atoms with Gasteiger partial charge < -0.3 is 0 Å². The maximum atomic E-state index is 12.3. The highest BCUT2D eigenvalue weighted by Gasteiger charge is 2.27. The quantitative estimate of drug-likeness (QED) is 0.713. The summed E-state index contributed by atoms with van der Waals surface area (Å²) in [5.41, 5.74) is 3.51. The largest absolute Gasteiger partial charge is 0.294 e. The molecule has 1 heteroatoms. The molecule has 0 fully saturated rings. The zero-order valence-electron chi connectivity index (χ0n) is 9.60. The highest BCUT2D eigenvalue weighted by molar-refractivity contribution is 5.98. The topological polar surface area (TPSA) is 17.1 Å². The van der Waals surface area contributed by atoms with Gasteiger partial charge in [-0.25, -0.2) is 0 Å². The second-order valence-corrected chi connectivity index (χ2v) is 4.60. The molecule has 17 heavy (non-hydrogen) atoms. The lowest BCUT2D eigenvalue weighted by molar-refractivity contribution is 0.0925. The third-order valence-corrected chi connectivity index (χ3v) is 3.48. The predicted molar refractivity (Wildman–Crippen MR) is 68.1 cm³/mol. The van der Waals surface area contributed by atoms with Crippen LogP contribution in [0.2, 0.25) is 0 Å². The van der Waals surface area contributed by atoms with E-state index in [2.05, 4.69) is 12.1 Å². The number of ketones is 1. The standard InChI is InChI=1S/C16H14O/c17-16(12-6-2-1-3-7-12)15-10-13-8-4-5-9-14(13)11-15/h1-9,15H,10-11H2. The number of carbonyl (C=O) groups excluding carboxylic acids is 1. The Morgan fingerprint density at radius 1 is 0.824 bits per heavy atom. The van der Waals surface area contributed by atoms with Gasteiger partial charge in [0.05, 0.1) is 0 Å². The molecule has 0 spiro atoms. The Balaban J connectivity index is 1.84. The summed E-state index contributed by atoms with van der Waals surface area (Å²) in [5.74, 6) is 0.414. The van der Waals surface area contributed by atoms with E-state index in [1.54, 1.807) is 0 Å². The van der Waals surface area contributed by atoms with Crippen LogP contribution in [0.5, 0.6) is 0 Å². The molecule has 0 amide bonds. The molecule has 0 saturated heterocycles. The maximum Gasteiger partial charge on any atom is 0.166 e. The number of benzene rings is 2. The lowest BCUT2D eigenvalue weighted by atomic mass is 9.95. The molecule has 0 unspecified atom stereocenters. The fraction of sp³-hybridized carbons (Fsp3) is 0.188. The van der Waals surface area contributed by atoms with Crippen molar-refractivity contribution in [1.82, 2.24) is 0 Å². The van der Waals surface area contributed by atoms with Crippen LogP contribution in [0.4, 0.5) is 0 Å². The summed E-state index contributed by atoms with van der Waals surface area (Å²) >= 11 is 0. The Morgan fingerprint density at radius 3 is 1.94 bits per heavy atom. The van der Waals surface area contributed by atoms with Crippen LogP contribution in [0.25, 0.3) is 0 Å². The highest BCUT2D eigenvalue weighted by atomic mass is 16.1. The molecular weight excluding hydrogens is 208 g/mol. The third kappa shape index (κ3) is 1.89. The van der Waals surface area contributed by atoms with E-state index in [1.807, 2.05) is 42.5 Å². The first-order valence-corrected chi connectivity index (χ1v) is 6.00. The summed E-state index contributed by atoms with van der Waals surface area (Å²) in [6, 6.07) is 18.0. The van der Waals surface area contributed by atoms with Crippen LogP contribution in [-0.4, -0.2) is 5.78 Å². The first-order chi connectivity index (χ1) is 8.34. The van der Waals surface area contributed by atoms with Gasteiger partial charge >= 0.3 is 0 Å². The first-order valence-electron chi connectivity index (χ1n) is 6.00. The van der Waals surface area contributed by atoms with Gasteiger partial charge in [-0.3, -0.25) is 4.79 Å². The van der Waals surface area contributed by atoms with Crippen molar-refractivity contribution < 1.29 is 4.79 Å². The molecule has 0 aromatic heterocycles. The lowest BCUT2D eigenvalue weighted by Gasteiger charge is -2.07. The lowest BCUT2D eigenvalue weighted by Crippen LogP contribution is -2.14. The smallest absolute Gasteiger partial charge is 0.166 e. The summed E-state index contributed by atoms with van der Waals surface area (Å²) in [6.07, 6.45) is 1.79. The molecular formula is C16H14O. The van der Waals surface area contributed by atoms with Gasteiger partial charge in [-0.1, -0.05) is 54.6 Å². The van der Waals surface area contributed by atoms with Crippen molar-refractivity contribution in [2.75, 3.05) is 0 Å². The molecule has 0 aliphatic heterocycles. The maximum absolute atomic E-state index is 12.3. The molecule has 1 aliphatic carbocycles. The third-order valence-electron chi connectivity index (χ3n) is 3.48. The minimum Gasteiger partial charge on any atom is -0.294 e. The van der Waals surface area contributed by atoms with Crippen molar-refractivity contribution in [2.24, 2.45) is 5.92 Å². The van der Waals surface area contributed by atoms with Gasteiger partial charge in [0.15, 0.2) is 5.78 Å². The molecule has 0 N–H and O–H groups in total. The molecule has 0 atom stereocenters. The van der Waals surface area contributed by atoms with E-state index in [1.165, 1.54) is 11.1 Å². The van der Waals surface area contributed by atoms with Crippen LogP contribution in [0.1, 0.15) is 21.5 Å². The number of Topliss-reactive ketones (excluding diaryl/α,β-unsaturated/α-hetero) is 1. The van der Waals surface area contributed by atoms with Crippen molar-refractivity contribution in [3.8, 4) is 0 Å². The summed E-state index contributed by atoms with van der Waals surface area (Å²) < 4.78 is 0. The summed E-state index contributed by atoms with van der Waals surface area (Å²) in [6.45, 7) is 0. The van der Waals surface area contributed by atoms with Crippen molar-refractivity contribution in [3.05, 3.63) is 71.3 Å². The fourth-order valence-electron chi connectivity index (χ4n) is 2.58. The molecule has 2 aromatic rings. The Hall–Kier alpha value is -1.89. The summed E-state index contributed by atoms with van der Waals surface area (Å²) in [7, 11) is 0. The number of hydrogen-bond acceptors (Lipinski definition) is 1. The number of fused-ring (bicyclic) bond motifs is 1. The average Bonchev–Trinajstić information content (AvgIpc) is 2.82. The Morgan fingerprint density at radius 2 is 1.35 bits per heavy atom. The van der Waals surface area contributed by atoms with E-state index in [4.69, 9.17) is 0 Å². The molecule has 1 nitrogen and oxygen atoms in total. The van der Waals surface area contributed by atoms with Crippen LogP contribution in [0, 0.1) is 5.92 Å². The van der Waals surface area contributed by atoms with Crippen molar-refractivity contribution in [1.29, 1.82) is 0 Å². The zero-order valence-corrected chi connectivity index (χ0v) is 9.60. The van der Waals surface area contributed by atoms with Gasteiger partial charge in [-0.05, 0) is 24.0 Å². The normalized spacial score (nSPS) is 14.6. The number of hydrogen-bond donors (Lipinski definition) is 0. The van der Waals surface area contributed by atoms with Gasteiger partial charge in [0.2, 0.25) is 0 Å². The van der Waals surface area contributed by atoms with E-state index in [9.17, 15) is 4.79 Å². The van der Waals surface area contributed by atoms with E-state index < -0.39 is 0 Å². The van der Waals surface area contributed by atoms with E-state index in [-0.39, 0.29) is 11.7 Å². The SMILES string of the molecule is O=C(c1ccccc1)C1Cc2ccccc2C1. The van der Waals surface area contributed by atoms with Crippen molar-refractivity contribution in [2.45, 2.75) is 12.8 Å². The van der Waals surface area contributed by atoms with Crippen LogP contribution in [0.3, 0.4) is 0 Å². The second kappa shape index (κ2) is 4.17. The van der Waals surface area contributed by atoms with E-state index in [0.29, 0.717) is 0 Å². The van der Waals surface area contributed by atoms with Crippen LogP contribution < -0.4 is 0 Å². The first kappa shape index (κ1) is 10.3. The summed E-state index contributed by atoms with van der Waals surface area (Å²) in [5, 5.41) is 0. The number of carbonyl (C=O) groups is 1. The van der Waals surface area contributed by atoms with Crippen molar-refractivity contribution in [3.63, 3.8) is 0 Å². The van der Waals surface area contributed by atoms with E-state index in [0.717, 1.165) is 18.4 Å². The Labute approximate surface area is 101 Å². The van der Waals surface area contributed by atoms with E-state index >= 15 is 0 Å². The molecule has 2 aromatic carbocycles. The van der Waals surface area contributed by atoms with Crippen molar-refractivity contribution >= 4 is 5.78 Å². The van der Waals surface area contributed by atoms with Crippen LogP contribution >= 0.6 is 0 Å². The van der Waals surface area contributed by atoms with Gasteiger partial charge in [-0.2, -0.15) is 0 Å². The fourth-order valence-corrected chi connectivity index (χ4v) is 2.58. The highest BCUT2D eigenvalue weighted by Crippen LogP contribution is 2.28. The predicted octanol–water partition coefficient (Wildman–Crippen LogP) is 3.28. The van der Waals surface area contributed by atoms with Gasteiger partial charge in [0, 0.05) is 11.5 Å². The average molecular weight is 222 g/mol. The number of rotatable bonds is 2. The second-order valence-electron chi connectivity index (χ2n) is 4.60. The summed E-state index contributed by atoms with van der Waals surface area (Å²) in [4.78, 5) is 12.3. The Bertz CT molecular complexity index is 517. The molecule has 0 bridgehead atoms. The molecule has 84 valence electrons. The van der Waals surface area contributed by atoms with Gasteiger partial charge in [-0.15, -0.1) is 0 Å². The molecule has 0 heterocycles. The molecule has 1 aliphatic rings. The Kier molecular flexibility index (Phi) is 2.52. The van der Waals surface area contributed by atoms with Gasteiger partial charge in [0.25, 0.3) is 0 Å². The minimum atomic E-state index is 0.134. The van der Waals surface area contributed by atoms with Crippen LogP contribution in [-0.2, 0) is 12.8 Å². The minimum absolute atomic E-state index is 0.134. The zero-order chi connectivity index (χ0) is 11.7. The monoisotopic (exact) mass is 222 g/mol. The molecule has 0 saturated carbocycles. The molecule has 0 radical (unpaired) electrons. The van der Waals surface area contributed by atoms with Crippen LogP contribution in [0.15, 0.2) is 54.6 Å². The van der Waals surface area contributed by atoms with Gasteiger partial charge in [0.1, 0.15) is 0 Å².